The number of thiazole rings is 1. The molecule has 0 aliphatic rings. The second-order valence-electron chi connectivity index (χ2n) is 4.75. The molecule has 5 nitrogen and oxygen atoms in total. The Hall–Kier alpha value is -1.95. The van der Waals surface area contributed by atoms with E-state index in [-0.39, 0.29) is 11.8 Å². The Morgan fingerprint density at radius 2 is 2.00 bits per heavy atom. The minimum Gasteiger partial charge on any atom is -0.326 e. The molecule has 2 aromatic rings. The quantitative estimate of drug-likeness (QED) is 0.853. The Balaban J connectivity index is 2.10. The second kappa shape index (κ2) is 7.17. The molecule has 2 amide bonds. The zero-order chi connectivity index (χ0) is 15.2. The summed E-state index contributed by atoms with van der Waals surface area (Å²) in [5.41, 5.74) is 1.58. The van der Waals surface area contributed by atoms with E-state index in [1.807, 2.05) is 18.2 Å². The Bertz CT molecular complexity index is 651. The van der Waals surface area contributed by atoms with Gasteiger partial charge in [-0.2, -0.15) is 0 Å². The number of amides is 2. The van der Waals surface area contributed by atoms with Crippen LogP contribution in [0, 0.1) is 0 Å². The van der Waals surface area contributed by atoms with Crippen molar-refractivity contribution in [3.05, 3.63) is 18.2 Å². The molecule has 6 heteroatoms. The summed E-state index contributed by atoms with van der Waals surface area (Å²) in [6, 6.07) is 5.57. The highest BCUT2D eigenvalue weighted by atomic mass is 32.1. The van der Waals surface area contributed by atoms with Crippen LogP contribution in [0.1, 0.15) is 39.5 Å². The zero-order valence-electron chi connectivity index (χ0n) is 12.2. The van der Waals surface area contributed by atoms with Gasteiger partial charge in [0.25, 0.3) is 0 Å². The van der Waals surface area contributed by atoms with E-state index in [4.69, 9.17) is 0 Å². The van der Waals surface area contributed by atoms with Crippen molar-refractivity contribution in [1.29, 1.82) is 0 Å². The summed E-state index contributed by atoms with van der Waals surface area (Å²) in [4.78, 5) is 27.4. The van der Waals surface area contributed by atoms with Gasteiger partial charge in [0.1, 0.15) is 0 Å². The Morgan fingerprint density at radius 3 is 2.71 bits per heavy atom. The summed E-state index contributed by atoms with van der Waals surface area (Å²) in [6.07, 6.45) is 2.85. The predicted molar refractivity (Wildman–Crippen MR) is 86.7 cm³/mol. The van der Waals surface area contributed by atoms with Gasteiger partial charge in [-0.1, -0.05) is 31.6 Å². The molecular formula is C15H19N3O2S. The number of nitrogens with zero attached hydrogens (tertiary/aromatic N) is 1. The molecule has 0 aliphatic carbocycles. The van der Waals surface area contributed by atoms with Gasteiger partial charge in [0, 0.05) is 18.5 Å². The van der Waals surface area contributed by atoms with Gasteiger partial charge < -0.3 is 10.6 Å². The molecule has 1 aromatic heterocycles. The number of benzene rings is 1. The molecule has 0 spiro atoms. The first-order chi connectivity index (χ1) is 10.1. The lowest BCUT2D eigenvalue weighted by atomic mass is 10.2. The first-order valence-corrected chi connectivity index (χ1v) is 7.94. The van der Waals surface area contributed by atoms with Gasteiger partial charge in [-0.15, -0.1) is 0 Å². The molecule has 1 heterocycles. The largest absolute Gasteiger partial charge is 0.326 e. The van der Waals surface area contributed by atoms with Gasteiger partial charge in [0.2, 0.25) is 11.8 Å². The standard InChI is InChI=1S/C15H19N3O2S/c1-3-5-6-14(20)16-10-7-8-11-12(9-10)21-15(17-11)18-13(19)4-2/h7-9H,3-6H2,1-2H3,(H,16,20)(H,17,18,19). The Kier molecular flexibility index (Phi) is 5.27. The van der Waals surface area contributed by atoms with Crippen LogP contribution in [-0.4, -0.2) is 16.8 Å². The van der Waals surface area contributed by atoms with E-state index in [1.54, 1.807) is 6.92 Å². The number of unbranched alkanes of at least 4 members (excludes halogenated alkanes) is 1. The van der Waals surface area contributed by atoms with E-state index >= 15 is 0 Å². The third-order valence-corrected chi connectivity index (χ3v) is 3.93. The van der Waals surface area contributed by atoms with Crippen LogP contribution in [0.4, 0.5) is 10.8 Å². The van der Waals surface area contributed by atoms with Crippen molar-refractivity contribution in [2.24, 2.45) is 0 Å². The van der Waals surface area contributed by atoms with Crippen LogP contribution >= 0.6 is 11.3 Å². The molecule has 1 aromatic carbocycles. The molecular weight excluding hydrogens is 286 g/mol. The average Bonchev–Trinajstić information content (AvgIpc) is 2.86. The minimum atomic E-state index is -0.0536. The van der Waals surface area contributed by atoms with Crippen LogP contribution in [0.25, 0.3) is 10.2 Å². The smallest absolute Gasteiger partial charge is 0.225 e. The lowest BCUT2D eigenvalue weighted by Crippen LogP contribution is -2.10. The topological polar surface area (TPSA) is 71.1 Å². The summed E-state index contributed by atoms with van der Waals surface area (Å²) >= 11 is 1.41. The third-order valence-electron chi connectivity index (χ3n) is 3.00. The van der Waals surface area contributed by atoms with Crippen LogP contribution < -0.4 is 10.6 Å². The summed E-state index contributed by atoms with van der Waals surface area (Å²) in [7, 11) is 0. The minimum absolute atomic E-state index is 0.0280. The monoisotopic (exact) mass is 305 g/mol. The van der Waals surface area contributed by atoms with E-state index in [9.17, 15) is 9.59 Å². The lowest BCUT2D eigenvalue weighted by molar-refractivity contribution is -0.116. The fourth-order valence-electron chi connectivity index (χ4n) is 1.82. The maximum absolute atomic E-state index is 11.7. The predicted octanol–water partition coefficient (Wildman–Crippen LogP) is 3.77. The van der Waals surface area contributed by atoms with Crippen molar-refractivity contribution in [1.82, 2.24) is 4.98 Å². The van der Waals surface area contributed by atoms with E-state index < -0.39 is 0 Å². The van der Waals surface area contributed by atoms with Crippen molar-refractivity contribution in [2.75, 3.05) is 10.6 Å². The third kappa shape index (κ3) is 4.26. The lowest BCUT2D eigenvalue weighted by Gasteiger charge is -2.04. The fourth-order valence-corrected chi connectivity index (χ4v) is 2.75. The number of aromatic nitrogens is 1. The fraction of sp³-hybridized carbons (Fsp3) is 0.400. The number of fused-ring (bicyclic) bond motifs is 1. The SMILES string of the molecule is CCCCC(=O)Nc1ccc2nc(NC(=O)CC)sc2c1. The highest BCUT2D eigenvalue weighted by Gasteiger charge is 2.08. The molecule has 2 N–H and O–H groups in total. The molecule has 0 unspecified atom stereocenters. The highest BCUT2D eigenvalue weighted by molar-refractivity contribution is 7.22. The Morgan fingerprint density at radius 1 is 1.19 bits per heavy atom. The first kappa shape index (κ1) is 15.4. The Labute approximate surface area is 127 Å². The van der Waals surface area contributed by atoms with Gasteiger partial charge >= 0.3 is 0 Å². The molecule has 0 saturated carbocycles. The van der Waals surface area contributed by atoms with Crippen molar-refractivity contribution >= 4 is 44.2 Å². The van der Waals surface area contributed by atoms with Gasteiger partial charge in [-0.3, -0.25) is 9.59 Å². The van der Waals surface area contributed by atoms with Crippen LogP contribution in [0.2, 0.25) is 0 Å². The normalized spacial score (nSPS) is 10.6. The molecule has 0 atom stereocenters. The molecule has 21 heavy (non-hydrogen) atoms. The summed E-state index contributed by atoms with van der Waals surface area (Å²) < 4.78 is 0.940. The van der Waals surface area contributed by atoms with Crippen LogP contribution in [0.15, 0.2) is 18.2 Å². The van der Waals surface area contributed by atoms with Gasteiger partial charge in [-0.25, -0.2) is 4.98 Å². The number of rotatable bonds is 6. The van der Waals surface area contributed by atoms with E-state index in [0.717, 1.165) is 28.7 Å². The summed E-state index contributed by atoms with van der Waals surface area (Å²) in [5, 5.41) is 6.22. The van der Waals surface area contributed by atoms with Crippen molar-refractivity contribution in [2.45, 2.75) is 39.5 Å². The van der Waals surface area contributed by atoms with Gasteiger partial charge in [-0.05, 0) is 24.6 Å². The molecule has 112 valence electrons. The molecule has 0 aliphatic heterocycles. The van der Waals surface area contributed by atoms with Crippen LogP contribution in [0.3, 0.4) is 0 Å². The van der Waals surface area contributed by atoms with Crippen LogP contribution in [0.5, 0.6) is 0 Å². The molecule has 0 saturated heterocycles. The van der Waals surface area contributed by atoms with Crippen molar-refractivity contribution in [3.8, 4) is 0 Å². The number of nitrogens with one attached hydrogen (secondary N) is 2. The number of hydrogen-bond acceptors (Lipinski definition) is 4. The van der Waals surface area contributed by atoms with Gasteiger partial charge in [0.15, 0.2) is 5.13 Å². The number of carbonyl (C=O) groups is 2. The highest BCUT2D eigenvalue weighted by Crippen LogP contribution is 2.28. The maximum atomic E-state index is 11.7. The number of hydrogen-bond donors (Lipinski definition) is 2. The number of anilines is 2. The molecule has 2 rings (SSSR count). The second-order valence-corrected chi connectivity index (χ2v) is 5.79. The van der Waals surface area contributed by atoms with E-state index in [1.165, 1.54) is 11.3 Å². The zero-order valence-corrected chi connectivity index (χ0v) is 13.0. The van der Waals surface area contributed by atoms with Crippen molar-refractivity contribution in [3.63, 3.8) is 0 Å². The first-order valence-electron chi connectivity index (χ1n) is 7.12. The number of carbonyl (C=O) groups excluding carboxylic acids is 2. The summed E-state index contributed by atoms with van der Waals surface area (Å²) in [5.74, 6) is -0.0256. The van der Waals surface area contributed by atoms with Crippen LogP contribution in [-0.2, 0) is 9.59 Å². The maximum Gasteiger partial charge on any atom is 0.225 e. The summed E-state index contributed by atoms with van der Waals surface area (Å²) in [6.45, 7) is 3.86. The average molecular weight is 305 g/mol. The van der Waals surface area contributed by atoms with Crippen molar-refractivity contribution < 1.29 is 9.59 Å². The van der Waals surface area contributed by atoms with Gasteiger partial charge in [0.05, 0.1) is 10.2 Å². The molecule has 0 fully saturated rings. The van der Waals surface area contributed by atoms with E-state index in [0.29, 0.717) is 18.0 Å². The molecule has 0 radical (unpaired) electrons. The molecule has 0 bridgehead atoms. The van der Waals surface area contributed by atoms with E-state index in [2.05, 4.69) is 22.5 Å².